The summed E-state index contributed by atoms with van der Waals surface area (Å²) in [5.41, 5.74) is 0.911. The van der Waals surface area contributed by atoms with E-state index in [1.807, 2.05) is 12.1 Å². The topological polar surface area (TPSA) is 32.8 Å². The average molecular weight is 234 g/mol. The van der Waals surface area contributed by atoms with Crippen molar-refractivity contribution in [3.05, 3.63) is 53.2 Å². The third-order valence-corrected chi connectivity index (χ3v) is 4.16. The van der Waals surface area contributed by atoms with E-state index in [1.165, 1.54) is 21.4 Å². The summed E-state index contributed by atoms with van der Waals surface area (Å²) in [6, 6.07) is 14.6. The van der Waals surface area contributed by atoms with Crippen LogP contribution < -0.4 is 5.22 Å². The minimum absolute atomic E-state index is 0.174. The Morgan fingerprint density at radius 1 is 0.944 bits per heavy atom. The number of ether oxygens (including phenoxy) is 1. The van der Waals surface area contributed by atoms with Crippen LogP contribution in [0.15, 0.2) is 42.5 Å². The molecule has 1 saturated heterocycles. The molecule has 0 bridgehead atoms. The quantitative estimate of drug-likeness (QED) is 0.604. The van der Waals surface area contributed by atoms with Gasteiger partial charge in [-0.1, -0.05) is 42.5 Å². The molecular weight excluding hydrogens is 224 g/mol. The highest BCUT2D eigenvalue weighted by Crippen LogP contribution is 2.49. The van der Waals surface area contributed by atoms with Gasteiger partial charge in [0.1, 0.15) is 6.10 Å². The van der Waals surface area contributed by atoms with Gasteiger partial charge in [0, 0.05) is 5.56 Å². The number of aliphatic hydroxyl groups is 1. The highest BCUT2D eigenvalue weighted by Gasteiger charge is 2.57. The van der Waals surface area contributed by atoms with Crippen molar-refractivity contribution in [1.29, 1.82) is 0 Å². The lowest BCUT2D eigenvalue weighted by molar-refractivity contribution is 0.0347. The Bertz CT molecular complexity index is 865. The molecule has 2 nitrogen and oxygen atoms in total. The standard InChI is InChI=1S/C16H10O2/c17-16-12-7-6-10-3-1-2-9-4-5-11(8-13(16)18-16)15(12)14(9)10/h1-8,13,17H. The van der Waals surface area contributed by atoms with Gasteiger partial charge in [0.2, 0.25) is 5.79 Å². The van der Waals surface area contributed by atoms with E-state index in [2.05, 4.69) is 36.4 Å². The summed E-state index contributed by atoms with van der Waals surface area (Å²) in [4.78, 5) is 0. The number of hydrogen-bond acceptors (Lipinski definition) is 2. The molecule has 3 aromatic rings. The van der Waals surface area contributed by atoms with Gasteiger partial charge in [-0.25, -0.2) is 0 Å². The minimum atomic E-state index is -1.08. The molecule has 2 unspecified atom stereocenters. The molecule has 0 aromatic heterocycles. The summed E-state index contributed by atoms with van der Waals surface area (Å²) in [5, 5.41) is 16.4. The monoisotopic (exact) mass is 234 g/mol. The van der Waals surface area contributed by atoms with Gasteiger partial charge in [-0.05, 0) is 32.8 Å². The summed E-state index contributed by atoms with van der Waals surface area (Å²) in [6.45, 7) is 0. The van der Waals surface area contributed by atoms with Gasteiger partial charge in [0.05, 0.1) is 0 Å². The molecule has 1 aliphatic heterocycles. The van der Waals surface area contributed by atoms with Gasteiger partial charge in [0.15, 0.2) is 0 Å². The lowest BCUT2D eigenvalue weighted by atomic mass is 9.89. The maximum Gasteiger partial charge on any atom is 0.224 e. The first-order chi connectivity index (χ1) is 8.77. The SMILES string of the molecule is OC12OC1C=c1ccc3cccc4ccc2c1c43. The molecule has 2 aliphatic rings. The molecule has 1 N–H and O–H groups in total. The molecule has 2 atom stereocenters. The van der Waals surface area contributed by atoms with Crippen LogP contribution in [0.2, 0.25) is 0 Å². The van der Waals surface area contributed by atoms with Crippen LogP contribution in [-0.4, -0.2) is 11.2 Å². The molecule has 3 aromatic carbocycles. The van der Waals surface area contributed by atoms with Gasteiger partial charge >= 0.3 is 0 Å². The van der Waals surface area contributed by atoms with E-state index >= 15 is 0 Å². The first-order valence-electron chi connectivity index (χ1n) is 6.14. The van der Waals surface area contributed by atoms with E-state index in [0.29, 0.717) is 0 Å². The molecule has 18 heavy (non-hydrogen) atoms. The van der Waals surface area contributed by atoms with Crippen molar-refractivity contribution < 1.29 is 9.84 Å². The summed E-state index contributed by atoms with van der Waals surface area (Å²) < 4.78 is 5.44. The van der Waals surface area contributed by atoms with Crippen molar-refractivity contribution >= 4 is 27.6 Å². The highest BCUT2D eigenvalue weighted by molar-refractivity contribution is 6.12. The van der Waals surface area contributed by atoms with E-state index in [1.54, 1.807) is 0 Å². The fourth-order valence-electron chi connectivity index (χ4n) is 3.23. The van der Waals surface area contributed by atoms with Crippen molar-refractivity contribution in [2.45, 2.75) is 11.9 Å². The Hall–Kier alpha value is -1.90. The normalized spacial score (nSPS) is 28.2. The first kappa shape index (κ1) is 9.09. The molecule has 0 radical (unpaired) electrons. The molecule has 0 saturated carbocycles. The van der Waals surface area contributed by atoms with Crippen molar-refractivity contribution in [2.24, 2.45) is 0 Å². The predicted molar refractivity (Wildman–Crippen MR) is 69.9 cm³/mol. The van der Waals surface area contributed by atoms with E-state index in [4.69, 9.17) is 4.74 Å². The fourth-order valence-corrected chi connectivity index (χ4v) is 3.23. The lowest BCUT2D eigenvalue weighted by Gasteiger charge is -2.16. The molecule has 1 heterocycles. The lowest BCUT2D eigenvalue weighted by Crippen LogP contribution is -2.21. The molecule has 5 rings (SSSR count). The van der Waals surface area contributed by atoms with Gasteiger partial charge in [-0.15, -0.1) is 0 Å². The van der Waals surface area contributed by atoms with Crippen molar-refractivity contribution in [1.82, 2.24) is 0 Å². The predicted octanol–water partition coefficient (Wildman–Crippen LogP) is 2.05. The van der Waals surface area contributed by atoms with E-state index in [9.17, 15) is 5.11 Å². The number of benzene rings is 3. The van der Waals surface area contributed by atoms with Gasteiger partial charge in [-0.3, -0.25) is 0 Å². The molecule has 0 amide bonds. The van der Waals surface area contributed by atoms with Crippen molar-refractivity contribution in [3.63, 3.8) is 0 Å². The summed E-state index contributed by atoms with van der Waals surface area (Å²) in [5.74, 6) is -1.08. The zero-order valence-electron chi connectivity index (χ0n) is 9.55. The summed E-state index contributed by atoms with van der Waals surface area (Å²) >= 11 is 0. The Kier molecular flexibility index (Phi) is 1.30. The molecule has 0 spiro atoms. The minimum Gasteiger partial charge on any atom is -0.359 e. The fraction of sp³-hybridized carbons (Fsp3) is 0.125. The number of epoxide rings is 1. The van der Waals surface area contributed by atoms with E-state index in [-0.39, 0.29) is 6.10 Å². The number of hydrogen-bond donors (Lipinski definition) is 1. The zero-order chi connectivity index (χ0) is 11.9. The second-order valence-electron chi connectivity index (χ2n) is 5.12. The molecule has 1 aliphatic carbocycles. The van der Waals surface area contributed by atoms with Crippen LogP contribution in [-0.2, 0) is 10.5 Å². The second-order valence-corrected chi connectivity index (χ2v) is 5.12. The van der Waals surface area contributed by atoms with Gasteiger partial charge < -0.3 is 9.84 Å². The smallest absolute Gasteiger partial charge is 0.224 e. The Labute approximate surface area is 103 Å². The van der Waals surface area contributed by atoms with Gasteiger partial charge in [0.25, 0.3) is 0 Å². The molecular formula is C16H10O2. The molecule has 1 fully saturated rings. The largest absolute Gasteiger partial charge is 0.359 e. The van der Waals surface area contributed by atoms with Crippen LogP contribution in [0, 0.1) is 0 Å². The van der Waals surface area contributed by atoms with Crippen LogP contribution in [0.5, 0.6) is 0 Å². The maximum absolute atomic E-state index is 10.4. The van der Waals surface area contributed by atoms with Crippen LogP contribution in [0.25, 0.3) is 27.6 Å². The van der Waals surface area contributed by atoms with E-state index < -0.39 is 5.79 Å². The number of rotatable bonds is 0. The van der Waals surface area contributed by atoms with Gasteiger partial charge in [-0.2, -0.15) is 0 Å². The molecule has 2 heteroatoms. The van der Waals surface area contributed by atoms with E-state index in [0.717, 1.165) is 10.9 Å². The van der Waals surface area contributed by atoms with Crippen molar-refractivity contribution in [2.75, 3.05) is 0 Å². The van der Waals surface area contributed by atoms with Crippen LogP contribution in [0.1, 0.15) is 5.56 Å². The van der Waals surface area contributed by atoms with Crippen LogP contribution in [0.3, 0.4) is 0 Å². The maximum atomic E-state index is 10.4. The summed E-state index contributed by atoms with van der Waals surface area (Å²) in [7, 11) is 0. The third-order valence-electron chi connectivity index (χ3n) is 4.16. The van der Waals surface area contributed by atoms with Crippen LogP contribution in [0.4, 0.5) is 0 Å². The highest BCUT2D eigenvalue weighted by atomic mass is 16.7. The first-order valence-corrected chi connectivity index (χ1v) is 6.14. The third kappa shape index (κ3) is 0.858. The Balaban J connectivity index is 2.16. The molecule has 86 valence electrons. The summed E-state index contributed by atoms with van der Waals surface area (Å²) in [6.07, 6.45) is 1.85. The number of fused-ring (bicyclic) bond motifs is 2. The Morgan fingerprint density at radius 2 is 1.72 bits per heavy atom. The average Bonchev–Trinajstić information content (AvgIpc) is 3.07. The van der Waals surface area contributed by atoms with Crippen LogP contribution >= 0.6 is 0 Å². The second kappa shape index (κ2) is 2.58. The Morgan fingerprint density at radius 3 is 2.56 bits per heavy atom. The zero-order valence-corrected chi connectivity index (χ0v) is 9.55. The van der Waals surface area contributed by atoms with Crippen molar-refractivity contribution in [3.8, 4) is 0 Å².